The number of rotatable bonds is 2. The number of hydrogen-bond donors (Lipinski definition) is 2. The van der Waals surface area contributed by atoms with E-state index in [-0.39, 0.29) is 5.69 Å². The third-order valence-corrected chi connectivity index (χ3v) is 3.43. The van der Waals surface area contributed by atoms with Crippen LogP contribution in [0.25, 0.3) is 0 Å². The van der Waals surface area contributed by atoms with Gasteiger partial charge in [0.15, 0.2) is 0 Å². The molecule has 1 aliphatic carbocycles. The number of pyridine rings is 1. The molecular weight excluding hydrogens is 225 g/mol. The second-order valence-electron chi connectivity index (χ2n) is 4.48. The van der Waals surface area contributed by atoms with Crippen molar-refractivity contribution in [3.8, 4) is 0 Å². The van der Waals surface area contributed by atoms with Gasteiger partial charge in [-0.1, -0.05) is 0 Å². The van der Waals surface area contributed by atoms with E-state index in [1.165, 1.54) is 18.3 Å². The highest BCUT2D eigenvalue weighted by Crippen LogP contribution is 2.39. The van der Waals surface area contributed by atoms with Crippen molar-refractivity contribution in [3.63, 3.8) is 0 Å². The number of aliphatic hydroxyl groups is 1. The predicted molar refractivity (Wildman–Crippen MR) is 58.0 cm³/mol. The first-order valence-electron chi connectivity index (χ1n) is 5.58. The molecule has 0 spiro atoms. The molecule has 17 heavy (non-hydrogen) atoms. The molecule has 1 saturated carbocycles. The lowest BCUT2D eigenvalue weighted by atomic mass is 9.70. The molecule has 1 aromatic heterocycles. The van der Waals surface area contributed by atoms with Crippen molar-refractivity contribution < 1.29 is 19.4 Å². The fourth-order valence-electron chi connectivity index (χ4n) is 2.34. The van der Waals surface area contributed by atoms with Gasteiger partial charge in [-0.25, -0.2) is 4.39 Å². The number of hydrogen-bond acceptors (Lipinski definition) is 3. The predicted octanol–water partition coefficient (Wildman–Crippen LogP) is 1.48. The Morgan fingerprint density at radius 2 is 2.12 bits per heavy atom. The highest BCUT2D eigenvalue weighted by molar-refractivity contribution is 5.80. The van der Waals surface area contributed by atoms with Gasteiger partial charge in [0.05, 0.1) is 11.8 Å². The molecule has 0 aromatic carbocycles. The van der Waals surface area contributed by atoms with Crippen LogP contribution in [-0.4, -0.2) is 27.3 Å². The molecule has 0 amide bonds. The van der Waals surface area contributed by atoms with Crippen LogP contribution in [-0.2, 0) is 10.2 Å². The molecule has 0 radical (unpaired) electrons. The number of carbonyl (C=O) groups is 1. The Balaban J connectivity index is 2.38. The highest BCUT2D eigenvalue weighted by Gasteiger charge is 2.44. The molecule has 2 N–H and O–H groups in total. The number of nitrogens with zero attached hydrogens (tertiary/aromatic N) is 1. The first-order valence-corrected chi connectivity index (χ1v) is 5.58. The number of aliphatic hydroxyl groups excluding tert-OH is 1. The quantitative estimate of drug-likeness (QED) is 0.820. The second-order valence-corrected chi connectivity index (χ2v) is 4.48. The van der Waals surface area contributed by atoms with E-state index in [1.807, 2.05) is 0 Å². The zero-order valence-corrected chi connectivity index (χ0v) is 9.27. The van der Waals surface area contributed by atoms with Crippen LogP contribution in [0.3, 0.4) is 0 Å². The van der Waals surface area contributed by atoms with E-state index >= 15 is 0 Å². The van der Waals surface area contributed by atoms with Gasteiger partial charge >= 0.3 is 5.97 Å². The van der Waals surface area contributed by atoms with E-state index in [0.717, 1.165) is 0 Å². The van der Waals surface area contributed by atoms with Crippen LogP contribution in [0.4, 0.5) is 4.39 Å². The van der Waals surface area contributed by atoms with E-state index in [4.69, 9.17) is 0 Å². The molecule has 0 atom stereocenters. The number of aromatic nitrogens is 1. The highest BCUT2D eigenvalue weighted by atomic mass is 19.1. The maximum Gasteiger partial charge on any atom is 0.315 e. The minimum atomic E-state index is -1.15. The molecule has 2 rings (SSSR count). The van der Waals surface area contributed by atoms with Crippen LogP contribution < -0.4 is 0 Å². The summed E-state index contributed by atoms with van der Waals surface area (Å²) in [7, 11) is 0. The van der Waals surface area contributed by atoms with E-state index in [0.29, 0.717) is 25.7 Å². The van der Waals surface area contributed by atoms with Gasteiger partial charge in [0.2, 0.25) is 0 Å². The first kappa shape index (κ1) is 12.0. The summed E-state index contributed by atoms with van der Waals surface area (Å²) in [5, 5.41) is 18.8. The first-order chi connectivity index (χ1) is 8.04. The molecule has 0 saturated heterocycles. The number of carboxylic acid groups (broad SMARTS) is 1. The lowest BCUT2D eigenvalue weighted by Crippen LogP contribution is -2.41. The summed E-state index contributed by atoms with van der Waals surface area (Å²) >= 11 is 0. The molecular formula is C12H14FNO3. The van der Waals surface area contributed by atoms with Crippen LogP contribution in [0, 0.1) is 5.82 Å². The molecule has 1 aliphatic rings. The monoisotopic (exact) mass is 239 g/mol. The van der Waals surface area contributed by atoms with Crippen LogP contribution in [0.1, 0.15) is 31.4 Å². The Kier molecular flexibility index (Phi) is 3.11. The van der Waals surface area contributed by atoms with Crippen LogP contribution in [0.2, 0.25) is 0 Å². The number of aliphatic carboxylic acids is 1. The summed E-state index contributed by atoms with van der Waals surface area (Å²) in [6.45, 7) is 0. The van der Waals surface area contributed by atoms with E-state index in [9.17, 15) is 19.4 Å². The Labute approximate surface area is 98.1 Å². The van der Waals surface area contributed by atoms with Crippen molar-refractivity contribution in [1.82, 2.24) is 4.98 Å². The fourth-order valence-corrected chi connectivity index (χ4v) is 2.34. The molecule has 0 unspecified atom stereocenters. The van der Waals surface area contributed by atoms with Crippen molar-refractivity contribution in [1.29, 1.82) is 0 Å². The Morgan fingerprint density at radius 3 is 2.65 bits per heavy atom. The molecule has 0 aliphatic heterocycles. The average molecular weight is 239 g/mol. The molecule has 1 heterocycles. The van der Waals surface area contributed by atoms with Gasteiger partial charge in [0, 0.05) is 6.20 Å². The smallest absolute Gasteiger partial charge is 0.315 e. The van der Waals surface area contributed by atoms with E-state index in [2.05, 4.69) is 4.98 Å². The third kappa shape index (κ3) is 2.15. The lowest BCUT2D eigenvalue weighted by Gasteiger charge is -2.34. The molecule has 5 heteroatoms. The summed E-state index contributed by atoms with van der Waals surface area (Å²) in [6, 6.07) is 2.36. The minimum absolute atomic E-state index is 0.247. The molecule has 1 fully saturated rings. The standard InChI is InChI=1S/C12H14FNO3/c13-8-3-6-14-10(7-8)12(11(16)17)4-1-9(15)2-5-12/h3,6-7,9,15H,1-2,4-5H2,(H,16,17). The maximum absolute atomic E-state index is 13.1. The van der Waals surface area contributed by atoms with Crippen molar-refractivity contribution in [3.05, 3.63) is 29.8 Å². The lowest BCUT2D eigenvalue weighted by molar-refractivity contribution is -0.146. The van der Waals surface area contributed by atoms with Gasteiger partial charge in [0.1, 0.15) is 11.2 Å². The number of halogens is 1. The van der Waals surface area contributed by atoms with Crippen LogP contribution in [0.5, 0.6) is 0 Å². The molecule has 92 valence electrons. The molecule has 0 bridgehead atoms. The third-order valence-electron chi connectivity index (χ3n) is 3.43. The summed E-state index contributed by atoms with van der Waals surface area (Å²) in [4.78, 5) is 15.4. The van der Waals surface area contributed by atoms with Gasteiger partial charge in [0.25, 0.3) is 0 Å². The van der Waals surface area contributed by atoms with Crippen LogP contribution in [0.15, 0.2) is 18.3 Å². The van der Waals surface area contributed by atoms with E-state index in [1.54, 1.807) is 0 Å². The maximum atomic E-state index is 13.1. The largest absolute Gasteiger partial charge is 0.481 e. The van der Waals surface area contributed by atoms with Crippen LogP contribution >= 0.6 is 0 Å². The van der Waals surface area contributed by atoms with Crippen molar-refractivity contribution in [2.75, 3.05) is 0 Å². The van der Waals surface area contributed by atoms with Crippen molar-refractivity contribution in [2.24, 2.45) is 0 Å². The van der Waals surface area contributed by atoms with Gasteiger partial charge in [-0.15, -0.1) is 0 Å². The van der Waals surface area contributed by atoms with Gasteiger partial charge < -0.3 is 10.2 Å². The topological polar surface area (TPSA) is 70.4 Å². The summed E-state index contributed by atoms with van der Waals surface area (Å²) in [5.41, 5.74) is -0.904. The average Bonchev–Trinajstić information content (AvgIpc) is 2.30. The van der Waals surface area contributed by atoms with Gasteiger partial charge in [-0.05, 0) is 37.8 Å². The summed E-state index contributed by atoms with van der Waals surface area (Å²) < 4.78 is 13.1. The summed E-state index contributed by atoms with van der Waals surface area (Å²) in [5.74, 6) is -1.48. The van der Waals surface area contributed by atoms with E-state index < -0.39 is 23.3 Å². The normalized spacial score (nSPS) is 28.9. The molecule has 4 nitrogen and oxygen atoms in total. The SMILES string of the molecule is O=C(O)C1(c2cc(F)ccn2)CCC(O)CC1. The Bertz CT molecular complexity index is 428. The zero-order chi connectivity index (χ0) is 12.5. The Morgan fingerprint density at radius 1 is 1.47 bits per heavy atom. The summed E-state index contributed by atoms with van der Waals surface area (Å²) in [6.07, 6.45) is 2.21. The van der Waals surface area contributed by atoms with Crippen molar-refractivity contribution in [2.45, 2.75) is 37.2 Å². The Hall–Kier alpha value is -1.49. The fraction of sp³-hybridized carbons (Fsp3) is 0.500. The van der Waals surface area contributed by atoms with Gasteiger partial charge in [-0.2, -0.15) is 0 Å². The zero-order valence-electron chi connectivity index (χ0n) is 9.27. The minimum Gasteiger partial charge on any atom is -0.481 e. The number of carboxylic acids is 1. The second kappa shape index (κ2) is 4.41. The van der Waals surface area contributed by atoms with Crippen molar-refractivity contribution >= 4 is 5.97 Å². The molecule has 1 aromatic rings. The van der Waals surface area contributed by atoms with Gasteiger partial charge in [-0.3, -0.25) is 9.78 Å².